The highest BCUT2D eigenvalue weighted by molar-refractivity contribution is 7.14. The normalized spacial score (nSPS) is 10.3. The van der Waals surface area contributed by atoms with Crippen molar-refractivity contribution < 1.29 is 0 Å². The summed E-state index contributed by atoms with van der Waals surface area (Å²) < 4.78 is 0. The van der Waals surface area contributed by atoms with Crippen molar-refractivity contribution in [1.82, 2.24) is 4.98 Å². The molecule has 3 N–H and O–H groups in total. The molecule has 1 aromatic carbocycles. The molecule has 2 aromatic rings. The second-order valence-corrected chi connectivity index (χ2v) is 4.43. The molecule has 3 nitrogen and oxygen atoms in total. The van der Waals surface area contributed by atoms with Crippen LogP contribution in [0.15, 0.2) is 23.6 Å². The van der Waals surface area contributed by atoms with Gasteiger partial charge in [-0.2, -0.15) is 0 Å². The first-order chi connectivity index (χ1) is 7.22. The largest absolute Gasteiger partial charge is 0.300 e. The molecule has 0 aliphatic rings. The van der Waals surface area contributed by atoms with Crippen molar-refractivity contribution in [2.24, 2.45) is 5.84 Å². The molecule has 0 bridgehead atoms. The third-order valence-electron chi connectivity index (χ3n) is 1.86. The standard InChI is InChI=1S/C9H7Cl2N3S/c10-6-3-1-2-5(8(6)11)7-4-15-9(13-7)14-12/h1-4H,12H2,(H,13,14). The number of hydrogen-bond donors (Lipinski definition) is 2. The van der Waals surface area contributed by atoms with E-state index in [1.807, 2.05) is 17.5 Å². The van der Waals surface area contributed by atoms with Crippen LogP contribution in [0.3, 0.4) is 0 Å². The van der Waals surface area contributed by atoms with Gasteiger partial charge in [0, 0.05) is 10.9 Å². The Hall–Kier alpha value is -0.810. The summed E-state index contributed by atoms with van der Waals surface area (Å²) in [5.74, 6) is 5.25. The SMILES string of the molecule is NNc1nc(-c2cccc(Cl)c2Cl)cs1. The third-order valence-corrected chi connectivity index (χ3v) is 3.45. The summed E-state index contributed by atoms with van der Waals surface area (Å²) in [5.41, 5.74) is 4.05. The molecular weight excluding hydrogens is 253 g/mol. The van der Waals surface area contributed by atoms with E-state index in [1.54, 1.807) is 6.07 Å². The van der Waals surface area contributed by atoms with E-state index in [9.17, 15) is 0 Å². The first kappa shape index (κ1) is 10.7. The molecule has 0 atom stereocenters. The molecule has 0 saturated heterocycles. The molecule has 1 heterocycles. The Morgan fingerprint density at radius 1 is 1.33 bits per heavy atom. The molecule has 78 valence electrons. The molecule has 2 rings (SSSR count). The van der Waals surface area contributed by atoms with Gasteiger partial charge in [-0.25, -0.2) is 10.8 Å². The van der Waals surface area contributed by atoms with Gasteiger partial charge in [0.25, 0.3) is 0 Å². The molecule has 0 unspecified atom stereocenters. The van der Waals surface area contributed by atoms with Crippen LogP contribution in [0.4, 0.5) is 5.13 Å². The van der Waals surface area contributed by atoms with Crippen molar-refractivity contribution in [3.05, 3.63) is 33.6 Å². The number of nitrogens with two attached hydrogens (primary N) is 1. The minimum atomic E-state index is 0.507. The Kier molecular flexibility index (Phi) is 3.11. The Balaban J connectivity index is 2.49. The smallest absolute Gasteiger partial charge is 0.197 e. The summed E-state index contributed by atoms with van der Waals surface area (Å²) in [6.07, 6.45) is 0. The van der Waals surface area contributed by atoms with Gasteiger partial charge < -0.3 is 0 Å². The molecule has 0 aliphatic carbocycles. The lowest BCUT2D eigenvalue weighted by Crippen LogP contribution is -2.05. The molecule has 0 saturated carbocycles. The second-order valence-electron chi connectivity index (χ2n) is 2.78. The topological polar surface area (TPSA) is 50.9 Å². The number of nitrogen functional groups attached to an aromatic ring is 1. The molecule has 0 fully saturated rings. The number of nitrogens with one attached hydrogen (secondary N) is 1. The van der Waals surface area contributed by atoms with Crippen molar-refractivity contribution in [2.45, 2.75) is 0 Å². The number of rotatable bonds is 2. The quantitative estimate of drug-likeness (QED) is 0.642. The molecular formula is C9H7Cl2N3S. The summed E-state index contributed by atoms with van der Waals surface area (Å²) in [5, 5.41) is 3.53. The van der Waals surface area contributed by atoms with E-state index in [2.05, 4.69) is 10.4 Å². The minimum Gasteiger partial charge on any atom is -0.300 e. The number of nitrogens with zero attached hydrogens (tertiary/aromatic N) is 1. The van der Waals surface area contributed by atoms with Gasteiger partial charge in [-0.15, -0.1) is 11.3 Å². The molecule has 15 heavy (non-hydrogen) atoms. The van der Waals surface area contributed by atoms with E-state index in [0.717, 1.165) is 11.3 Å². The lowest BCUT2D eigenvalue weighted by Gasteiger charge is -2.01. The maximum Gasteiger partial charge on any atom is 0.197 e. The summed E-state index contributed by atoms with van der Waals surface area (Å²) in [4.78, 5) is 4.24. The Morgan fingerprint density at radius 3 is 2.80 bits per heavy atom. The Labute approximate surface area is 101 Å². The number of thiazole rings is 1. The second kappa shape index (κ2) is 4.37. The highest BCUT2D eigenvalue weighted by Crippen LogP contribution is 2.34. The van der Waals surface area contributed by atoms with Crippen molar-refractivity contribution in [3.63, 3.8) is 0 Å². The predicted molar refractivity (Wildman–Crippen MR) is 65.4 cm³/mol. The van der Waals surface area contributed by atoms with Crippen molar-refractivity contribution in [1.29, 1.82) is 0 Å². The van der Waals surface area contributed by atoms with Crippen LogP contribution in [0, 0.1) is 0 Å². The molecule has 0 aliphatic heterocycles. The van der Waals surface area contributed by atoms with E-state index in [-0.39, 0.29) is 0 Å². The zero-order valence-corrected chi connectivity index (χ0v) is 9.83. The lowest BCUT2D eigenvalue weighted by atomic mass is 10.2. The van der Waals surface area contributed by atoms with Gasteiger partial charge in [0.2, 0.25) is 0 Å². The van der Waals surface area contributed by atoms with E-state index >= 15 is 0 Å². The fourth-order valence-corrected chi connectivity index (χ4v) is 2.18. The maximum atomic E-state index is 6.06. The zero-order chi connectivity index (χ0) is 10.8. The summed E-state index contributed by atoms with van der Waals surface area (Å²) in [6, 6.07) is 5.43. The van der Waals surface area contributed by atoms with Crippen molar-refractivity contribution >= 4 is 39.7 Å². The first-order valence-corrected chi connectivity index (χ1v) is 5.72. The number of benzene rings is 1. The van der Waals surface area contributed by atoms with Crippen molar-refractivity contribution in [3.8, 4) is 11.3 Å². The van der Waals surface area contributed by atoms with Gasteiger partial charge in [0.05, 0.1) is 15.7 Å². The van der Waals surface area contributed by atoms with Crippen LogP contribution in [0.5, 0.6) is 0 Å². The fourth-order valence-electron chi connectivity index (χ4n) is 1.17. The zero-order valence-electron chi connectivity index (χ0n) is 7.50. The van der Waals surface area contributed by atoms with E-state index < -0.39 is 0 Å². The Bertz CT molecular complexity index is 484. The van der Waals surface area contributed by atoms with Crippen LogP contribution in [0.2, 0.25) is 10.0 Å². The average molecular weight is 260 g/mol. The van der Waals surface area contributed by atoms with Crippen LogP contribution in [0.25, 0.3) is 11.3 Å². The molecule has 0 radical (unpaired) electrons. The summed E-state index contributed by atoms with van der Waals surface area (Å²) in [6.45, 7) is 0. The van der Waals surface area contributed by atoms with E-state index in [4.69, 9.17) is 29.0 Å². The maximum absolute atomic E-state index is 6.06. The highest BCUT2D eigenvalue weighted by Gasteiger charge is 2.09. The van der Waals surface area contributed by atoms with Gasteiger partial charge in [0.1, 0.15) is 0 Å². The number of hydrazine groups is 1. The van der Waals surface area contributed by atoms with Crippen LogP contribution in [-0.4, -0.2) is 4.98 Å². The third kappa shape index (κ3) is 2.08. The molecule has 0 spiro atoms. The summed E-state index contributed by atoms with van der Waals surface area (Å²) >= 11 is 13.4. The van der Waals surface area contributed by atoms with Gasteiger partial charge >= 0.3 is 0 Å². The van der Waals surface area contributed by atoms with Gasteiger partial charge in [-0.3, -0.25) is 5.43 Å². The molecule has 1 aromatic heterocycles. The predicted octanol–water partition coefficient (Wildman–Crippen LogP) is 3.40. The number of halogens is 2. The summed E-state index contributed by atoms with van der Waals surface area (Å²) in [7, 11) is 0. The first-order valence-electron chi connectivity index (χ1n) is 4.09. The van der Waals surface area contributed by atoms with Crippen LogP contribution >= 0.6 is 34.5 Å². The van der Waals surface area contributed by atoms with E-state index in [1.165, 1.54) is 11.3 Å². The van der Waals surface area contributed by atoms with Gasteiger partial charge in [0.15, 0.2) is 5.13 Å². The number of anilines is 1. The van der Waals surface area contributed by atoms with Crippen molar-refractivity contribution in [2.75, 3.05) is 5.43 Å². The van der Waals surface area contributed by atoms with Crippen LogP contribution < -0.4 is 11.3 Å². The van der Waals surface area contributed by atoms with E-state index in [0.29, 0.717) is 15.2 Å². The minimum absolute atomic E-state index is 0.507. The average Bonchev–Trinajstić information content (AvgIpc) is 2.70. The van der Waals surface area contributed by atoms with Crippen LogP contribution in [-0.2, 0) is 0 Å². The highest BCUT2D eigenvalue weighted by atomic mass is 35.5. The Morgan fingerprint density at radius 2 is 2.13 bits per heavy atom. The number of hydrogen-bond acceptors (Lipinski definition) is 4. The van der Waals surface area contributed by atoms with Gasteiger partial charge in [-0.05, 0) is 6.07 Å². The molecule has 0 amide bonds. The lowest BCUT2D eigenvalue weighted by molar-refractivity contribution is 1.29. The fraction of sp³-hybridized carbons (Fsp3) is 0. The molecule has 6 heteroatoms. The monoisotopic (exact) mass is 259 g/mol. The van der Waals surface area contributed by atoms with Crippen LogP contribution in [0.1, 0.15) is 0 Å². The van der Waals surface area contributed by atoms with Gasteiger partial charge in [-0.1, -0.05) is 35.3 Å². The number of aromatic nitrogens is 1.